The summed E-state index contributed by atoms with van der Waals surface area (Å²) in [4.78, 5) is 14.8. The molecular formula is C16H21ClN2O3S. The summed E-state index contributed by atoms with van der Waals surface area (Å²) in [6.07, 6.45) is 3.56. The molecule has 0 N–H and O–H groups in total. The predicted molar refractivity (Wildman–Crippen MR) is 90.0 cm³/mol. The maximum Gasteiger partial charge on any atom is 0.233 e. The van der Waals surface area contributed by atoms with Crippen LogP contribution in [0.4, 0.5) is 0 Å². The smallest absolute Gasteiger partial charge is 0.233 e. The molecule has 1 heterocycles. The topological polar surface area (TPSA) is 57.7 Å². The third-order valence-corrected chi connectivity index (χ3v) is 6.29. The Hall–Kier alpha value is -1.11. The van der Waals surface area contributed by atoms with Crippen LogP contribution in [0.1, 0.15) is 24.8 Å². The minimum Gasteiger partial charge on any atom is -0.341 e. The van der Waals surface area contributed by atoms with E-state index in [9.17, 15) is 13.2 Å². The van der Waals surface area contributed by atoms with Gasteiger partial charge < -0.3 is 4.90 Å². The molecule has 2 aliphatic rings. The van der Waals surface area contributed by atoms with Crippen LogP contribution in [0.5, 0.6) is 0 Å². The van der Waals surface area contributed by atoms with Gasteiger partial charge in [-0.05, 0) is 37.0 Å². The lowest BCUT2D eigenvalue weighted by atomic mass is 9.94. The van der Waals surface area contributed by atoms with Crippen molar-refractivity contribution in [2.45, 2.75) is 24.7 Å². The van der Waals surface area contributed by atoms with E-state index in [4.69, 9.17) is 11.6 Å². The van der Waals surface area contributed by atoms with E-state index in [1.165, 1.54) is 10.6 Å². The van der Waals surface area contributed by atoms with Crippen molar-refractivity contribution in [3.05, 3.63) is 34.9 Å². The number of carbonyl (C=O) groups is 1. The van der Waals surface area contributed by atoms with Gasteiger partial charge in [-0.3, -0.25) is 4.79 Å². The molecule has 5 nitrogen and oxygen atoms in total. The molecule has 0 unspecified atom stereocenters. The molecule has 2 fully saturated rings. The Morgan fingerprint density at radius 2 is 1.91 bits per heavy atom. The highest BCUT2D eigenvalue weighted by atomic mass is 35.5. The number of carbonyl (C=O) groups excluding carboxylic acids is 1. The van der Waals surface area contributed by atoms with Crippen LogP contribution in [0.15, 0.2) is 24.3 Å². The van der Waals surface area contributed by atoms with Crippen molar-refractivity contribution in [2.75, 3.05) is 32.4 Å². The maximum atomic E-state index is 13.0. The van der Waals surface area contributed by atoms with Gasteiger partial charge in [0.25, 0.3) is 0 Å². The van der Waals surface area contributed by atoms with Crippen LogP contribution in [0, 0.1) is 0 Å². The first kappa shape index (κ1) is 16.7. The van der Waals surface area contributed by atoms with Crippen molar-refractivity contribution in [1.29, 1.82) is 0 Å². The second-order valence-electron chi connectivity index (χ2n) is 6.40. The van der Waals surface area contributed by atoms with E-state index in [0.717, 1.165) is 18.4 Å². The minimum absolute atomic E-state index is 0.107. The lowest BCUT2D eigenvalue weighted by Gasteiger charge is -2.26. The molecule has 0 spiro atoms. The van der Waals surface area contributed by atoms with Gasteiger partial charge in [0.1, 0.15) is 0 Å². The Labute approximate surface area is 142 Å². The summed E-state index contributed by atoms with van der Waals surface area (Å²) in [7, 11) is -3.20. The molecule has 1 saturated heterocycles. The summed E-state index contributed by atoms with van der Waals surface area (Å²) >= 11 is 6.07. The van der Waals surface area contributed by atoms with Crippen molar-refractivity contribution in [1.82, 2.24) is 9.21 Å². The first-order valence-electron chi connectivity index (χ1n) is 7.83. The predicted octanol–water partition coefficient (Wildman–Crippen LogP) is 1.87. The lowest BCUT2D eigenvalue weighted by molar-refractivity contribution is -0.133. The van der Waals surface area contributed by atoms with E-state index >= 15 is 0 Å². The van der Waals surface area contributed by atoms with Crippen LogP contribution in [0.25, 0.3) is 0 Å². The molecule has 0 radical (unpaired) electrons. The molecule has 1 aliphatic heterocycles. The van der Waals surface area contributed by atoms with E-state index in [2.05, 4.69) is 0 Å². The van der Waals surface area contributed by atoms with Crippen molar-refractivity contribution >= 4 is 27.5 Å². The molecule has 1 aliphatic carbocycles. The SMILES string of the molecule is CS(=O)(=O)N1CCCN(C(=O)C2(c3cccc(Cl)c3)CC2)CC1. The highest BCUT2D eigenvalue weighted by molar-refractivity contribution is 7.88. The van der Waals surface area contributed by atoms with Crippen LogP contribution in [-0.4, -0.2) is 56.0 Å². The van der Waals surface area contributed by atoms with Gasteiger partial charge in [0.15, 0.2) is 0 Å². The van der Waals surface area contributed by atoms with Gasteiger partial charge in [-0.1, -0.05) is 23.7 Å². The van der Waals surface area contributed by atoms with E-state index in [-0.39, 0.29) is 5.91 Å². The molecule has 0 aromatic heterocycles. The molecule has 0 atom stereocenters. The molecule has 1 aromatic rings. The lowest BCUT2D eigenvalue weighted by Crippen LogP contribution is -2.42. The number of sulfonamides is 1. The second-order valence-corrected chi connectivity index (χ2v) is 8.82. The molecule has 1 saturated carbocycles. The Balaban J connectivity index is 1.76. The molecule has 1 aromatic carbocycles. The monoisotopic (exact) mass is 356 g/mol. The number of hydrogen-bond donors (Lipinski definition) is 0. The number of halogens is 1. The number of hydrogen-bond acceptors (Lipinski definition) is 3. The van der Waals surface area contributed by atoms with E-state index in [0.29, 0.717) is 37.6 Å². The third-order valence-electron chi connectivity index (χ3n) is 4.75. The molecular weight excluding hydrogens is 336 g/mol. The maximum absolute atomic E-state index is 13.0. The van der Waals surface area contributed by atoms with E-state index in [1.807, 2.05) is 29.2 Å². The Morgan fingerprint density at radius 3 is 2.52 bits per heavy atom. The zero-order valence-electron chi connectivity index (χ0n) is 13.2. The van der Waals surface area contributed by atoms with Crippen molar-refractivity contribution in [2.24, 2.45) is 0 Å². The van der Waals surface area contributed by atoms with E-state index < -0.39 is 15.4 Å². The quantitative estimate of drug-likeness (QED) is 0.830. The van der Waals surface area contributed by atoms with Gasteiger partial charge in [0.05, 0.1) is 11.7 Å². The summed E-state index contributed by atoms with van der Waals surface area (Å²) in [6.45, 7) is 1.91. The average molecular weight is 357 g/mol. The number of nitrogens with zero attached hydrogens (tertiary/aromatic N) is 2. The van der Waals surface area contributed by atoms with Gasteiger partial charge in [0, 0.05) is 31.2 Å². The first-order chi connectivity index (χ1) is 10.8. The van der Waals surface area contributed by atoms with Gasteiger partial charge in [-0.2, -0.15) is 0 Å². The average Bonchev–Trinajstić information content (AvgIpc) is 3.30. The van der Waals surface area contributed by atoms with Gasteiger partial charge in [0.2, 0.25) is 15.9 Å². The van der Waals surface area contributed by atoms with Crippen LogP contribution < -0.4 is 0 Å². The molecule has 1 amide bonds. The van der Waals surface area contributed by atoms with E-state index in [1.54, 1.807) is 0 Å². The highest BCUT2D eigenvalue weighted by Crippen LogP contribution is 2.50. The zero-order chi connectivity index (χ0) is 16.7. The van der Waals surface area contributed by atoms with Crippen LogP contribution >= 0.6 is 11.6 Å². The molecule has 0 bridgehead atoms. The fraction of sp³-hybridized carbons (Fsp3) is 0.562. The number of benzene rings is 1. The fourth-order valence-electron chi connectivity index (χ4n) is 3.27. The zero-order valence-corrected chi connectivity index (χ0v) is 14.7. The van der Waals surface area contributed by atoms with Crippen molar-refractivity contribution in [3.63, 3.8) is 0 Å². The Kier molecular flexibility index (Phi) is 4.42. The highest BCUT2D eigenvalue weighted by Gasteiger charge is 2.53. The standard InChI is InChI=1S/C16H21ClN2O3S/c1-23(21,22)19-9-3-8-18(10-11-19)15(20)16(6-7-16)13-4-2-5-14(17)12-13/h2,4-5,12H,3,6-11H2,1H3. The fourth-order valence-corrected chi connectivity index (χ4v) is 4.33. The summed E-state index contributed by atoms with van der Waals surface area (Å²) < 4.78 is 24.8. The third kappa shape index (κ3) is 3.39. The summed E-state index contributed by atoms with van der Waals surface area (Å²) in [5, 5.41) is 0.640. The molecule has 3 rings (SSSR count). The molecule has 126 valence electrons. The van der Waals surface area contributed by atoms with Gasteiger partial charge in [-0.25, -0.2) is 12.7 Å². The normalized spacial score (nSPS) is 21.7. The summed E-state index contributed by atoms with van der Waals surface area (Å²) in [6, 6.07) is 7.50. The Bertz CT molecular complexity index is 716. The van der Waals surface area contributed by atoms with Crippen LogP contribution in [0.2, 0.25) is 5.02 Å². The minimum atomic E-state index is -3.20. The van der Waals surface area contributed by atoms with Gasteiger partial charge >= 0.3 is 0 Å². The summed E-state index contributed by atoms with van der Waals surface area (Å²) in [5.41, 5.74) is 0.518. The second kappa shape index (κ2) is 6.07. The molecule has 23 heavy (non-hydrogen) atoms. The van der Waals surface area contributed by atoms with Crippen molar-refractivity contribution in [3.8, 4) is 0 Å². The first-order valence-corrected chi connectivity index (χ1v) is 10.1. The number of amides is 1. The van der Waals surface area contributed by atoms with Crippen molar-refractivity contribution < 1.29 is 13.2 Å². The Morgan fingerprint density at radius 1 is 1.17 bits per heavy atom. The number of rotatable bonds is 3. The van der Waals surface area contributed by atoms with Crippen LogP contribution in [-0.2, 0) is 20.2 Å². The molecule has 7 heteroatoms. The summed E-state index contributed by atoms with van der Waals surface area (Å²) in [5.74, 6) is 0.107. The van der Waals surface area contributed by atoms with Crippen LogP contribution in [0.3, 0.4) is 0 Å². The van der Waals surface area contributed by atoms with Gasteiger partial charge in [-0.15, -0.1) is 0 Å². The largest absolute Gasteiger partial charge is 0.341 e.